The van der Waals surface area contributed by atoms with Crippen LogP contribution in [-0.4, -0.2) is 128 Å². The molecular formula is C94H84F4N8O12. The average Bonchev–Trinajstić information content (AvgIpc) is 1.11. The maximum Gasteiger partial charge on any atom is 0.340 e. The fraction of sp³-hybridized carbons (Fsp3) is 0.191. The van der Waals surface area contributed by atoms with Crippen LogP contribution in [0, 0.1) is 23.3 Å². The van der Waals surface area contributed by atoms with Crippen molar-refractivity contribution >= 4 is 87.1 Å². The second-order valence-electron chi connectivity index (χ2n) is 27.8. The summed E-state index contributed by atoms with van der Waals surface area (Å²) in [5, 5.41) is 0. The summed E-state index contributed by atoms with van der Waals surface area (Å²) < 4.78 is 88.9. The maximum atomic E-state index is 14.2. The molecule has 0 bridgehead atoms. The van der Waals surface area contributed by atoms with Crippen molar-refractivity contribution < 1.29 is 74.8 Å². The third-order valence-electron chi connectivity index (χ3n) is 20.5. The van der Waals surface area contributed by atoms with E-state index >= 15 is 0 Å². The van der Waals surface area contributed by atoms with Crippen molar-refractivity contribution in [1.82, 2.24) is 9.97 Å². The number of fused-ring (bicyclic) bond motifs is 3. The van der Waals surface area contributed by atoms with Crippen molar-refractivity contribution in [2.45, 2.75) is 37.0 Å². The number of halogens is 4. The lowest BCUT2D eigenvalue weighted by molar-refractivity contribution is -0.119. The number of pyridine rings is 2. The minimum Gasteiger partial charge on any atom is -0.491 e. The first kappa shape index (κ1) is 81.8. The van der Waals surface area contributed by atoms with E-state index in [-0.39, 0.29) is 57.4 Å². The third kappa shape index (κ3) is 18.3. The molecule has 0 N–H and O–H groups in total. The molecule has 3 aliphatic heterocycles. The van der Waals surface area contributed by atoms with Gasteiger partial charge in [0.05, 0.1) is 122 Å². The molecule has 2 aromatic heterocycles. The van der Waals surface area contributed by atoms with E-state index in [0.717, 1.165) is 45.5 Å². The lowest BCUT2D eigenvalue weighted by atomic mass is 9.90. The molecule has 5 heterocycles. The number of methoxy groups -OCH3 is 3. The molecule has 10 aromatic carbocycles. The van der Waals surface area contributed by atoms with Crippen molar-refractivity contribution in [3.63, 3.8) is 0 Å². The highest BCUT2D eigenvalue weighted by molar-refractivity contribution is 6.08. The fourth-order valence-corrected chi connectivity index (χ4v) is 14.6. The summed E-state index contributed by atoms with van der Waals surface area (Å²) in [4.78, 5) is 99.9. The Hall–Kier alpha value is -14.2. The highest BCUT2D eigenvalue weighted by atomic mass is 19.2. The molecule has 20 nitrogen and oxygen atoms in total. The van der Waals surface area contributed by atoms with Crippen LogP contribution in [0.2, 0.25) is 0 Å². The first-order chi connectivity index (χ1) is 57.3. The van der Waals surface area contributed by atoms with Gasteiger partial charge in [-0.2, -0.15) is 0 Å². The van der Waals surface area contributed by atoms with E-state index in [1.165, 1.54) is 78.8 Å². The molecule has 15 rings (SSSR count). The fourth-order valence-electron chi connectivity index (χ4n) is 14.6. The van der Waals surface area contributed by atoms with Gasteiger partial charge in [-0.15, -0.1) is 0 Å². The zero-order valence-corrected chi connectivity index (χ0v) is 65.6. The Morgan fingerprint density at radius 1 is 0.347 bits per heavy atom. The van der Waals surface area contributed by atoms with Crippen molar-refractivity contribution in [1.29, 1.82) is 0 Å². The predicted molar refractivity (Wildman–Crippen MR) is 444 cm³/mol. The molecule has 0 unspecified atom stereocenters. The van der Waals surface area contributed by atoms with Gasteiger partial charge in [0.25, 0.3) is 0 Å². The van der Waals surface area contributed by atoms with Crippen LogP contribution < -0.4 is 43.6 Å². The summed E-state index contributed by atoms with van der Waals surface area (Å²) in [6.07, 6.45) is 4.82. The van der Waals surface area contributed by atoms with Crippen molar-refractivity contribution in [3.05, 3.63) is 347 Å². The van der Waals surface area contributed by atoms with Gasteiger partial charge in [-0.05, 0) is 107 Å². The van der Waals surface area contributed by atoms with Gasteiger partial charge in [0.1, 0.15) is 40.5 Å². The molecule has 0 spiro atoms. The van der Waals surface area contributed by atoms with Crippen LogP contribution in [0.15, 0.2) is 273 Å². The van der Waals surface area contributed by atoms with Gasteiger partial charge in [-0.25, -0.2) is 41.9 Å². The van der Waals surface area contributed by atoms with E-state index < -0.39 is 53.1 Å². The summed E-state index contributed by atoms with van der Waals surface area (Å²) in [5.74, 6) is -5.24. The molecule has 0 fully saturated rings. The van der Waals surface area contributed by atoms with E-state index in [1.54, 1.807) is 61.3 Å². The summed E-state index contributed by atoms with van der Waals surface area (Å²) in [6.45, 7) is 2.71. The number of nitrogens with zero attached hydrogens (tertiary/aromatic N) is 8. The van der Waals surface area contributed by atoms with Crippen LogP contribution >= 0.6 is 0 Å². The van der Waals surface area contributed by atoms with Crippen LogP contribution in [0.5, 0.6) is 17.2 Å². The lowest BCUT2D eigenvalue weighted by Gasteiger charge is -2.28. The number of amides is 3. The highest BCUT2D eigenvalue weighted by Crippen LogP contribution is 2.44. The number of hydrogen-bond acceptors (Lipinski definition) is 17. The number of anilines is 9. The molecule has 0 saturated heterocycles. The van der Waals surface area contributed by atoms with Crippen LogP contribution in [0.4, 0.5) is 69.0 Å². The molecule has 600 valence electrons. The summed E-state index contributed by atoms with van der Waals surface area (Å²) in [6, 6.07) is 75.9. The van der Waals surface area contributed by atoms with Crippen molar-refractivity contribution in [3.8, 4) is 17.2 Å². The number of esters is 3. The van der Waals surface area contributed by atoms with Gasteiger partial charge >= 0.3 is 17.9 Å². The maximum absolute atomic E-state index is 14.2. The standard InChI is InChI=1S/C32H29FN2O4.C31H27F2N3O4.C31H28FN3O4/c1-34(31(36)30(22-10-5-3-6-11-22)23-12-7-4-8-13-23)27-16-15-25(21-26(27)32(37)38-2)35-18-9-19-39-29-17-14-24(33)20-28(29)35;1-35(30(37)29(20-10-5-3-6-11-20)21-12-7-4-8-13-21)26-19-34-28(16-22(26)31(38)39-2)36-14-9-15-40-27-18-24(33)23(32)17-25(27)36;1-34(30(36)29(21-10-5-3-6-11-21)22-12-7-4-8-13-22)26-20-33-28(19-24(26)31(37)38-2)35-16-9-17-39-27-15-14-23(32)18-25(27)35/h3-8,10-17,20-21,30H,9,18-19H2,1-2H3;3-8,10-13,16-19,29H,9,14-15H2,1-2H3;3-8,10-15,18-20,29H,9,16-17H2,1-2H3. The summed E-state index contributed by atoms with van der Waals surface area (Å²) in [7, 11) is 8.70. The zero-order chi connectivity index (χ0) is 82.9. The molecule has 3 amide bonds. The monoisotopic (exact) mass is 1590 g/mol. The van der Waals surface area contributed by atoms with Crippen molar-refractivity contribution in [2.24, 2.45) is 0 Å². The Bertz CT molecular complexity index is 5230. The minimum atomic E-state index is -1.03. The van der Waals surface area contributed by atoms with Crippen LogP contribution in [-0.2, 0) is 28.6 Å². The van der Waals surface area contributed by atoms with Crippen LogP contribution in [0.1, 0.15) is 101 Å². The molecule has 12 aromatic rings. The molecule has 3 aliphatic rings. The molecule has 0 radical (unpaired) electrons. The minimum absolute atomic E-state index is 0.0949. The molecule has 0 atom stereocenters. The van der Waals surface area contributed by atoms with Gasteiger partial charge < -0.3 is 57.8 Å². The van der Waals surface area contributed by atoms with Gasteiger partial charge in [0.15, 0.2) is 11.6 Å². The van der Waals surface area contributed by atoms with Gasteiger partial charge in [0.2, 0.25) is 17.7 Å². The Morgan fingerprint density at radius 3 is 1.01 bits per heavy atom. The highest BCUT2D eigenvalue weighted by Gasteiger charge is 2.35. The van der Waals surface area contributed by atoms with Gasteiger partial charge in [-0.1, -0.05) is 182 Å². The van der Waals surface area contributed by atoms with E-state index in [9.17, 15) is 46.3 Å². The molecule has 118 heavy (non-hydrogen) atoms. The van der Waals surface area contributed by atoms with Crippen LogP contribution in [0.25, 0.3) is 0 Å². The summed E-state index contributed by atoms with van der Waals surface area (Å²) >= 11 is 0. The number of hydrogen-bond donors (Lipinski definition) is 0. The Labute approximate surface area is 680 Å². The predicted octanol–water partition coefficient (Wildman–Crippen LogP) is 17.9. The quantitative estimate of drug-likeness (QED) is 0.0445. The number of aromatic nitrogens is 2. The number of ether oxygens (including phenoxy) is 6. The first-order valence-corrected chi connectivity index (χ1v) is 38.1. The smallest absolute Gasteiger partial charge is 0.340 e. The van der Waals surface area contributed by atoms with Gasteiger partial charge in [-0.3, -0.25) is 14.4 Å². The second-order valence-corrected chi connectivity index (χ2v) is 27.8. The normalized spacial score (nSPS) is 12.8. The molecule has 24 heteroatoms. The number of benzene rings is 10. The SMILES string of the molecule is COC(=O)c1cc(N2CCCOc3cc(F)c(F)cc32)ncc1N(C)C(=O)C(c1ccccc1)c1ccccc1.COC(=O)c1cc(N2CCCOc3ccc(F)cc32)ccc1N(C)C(=O)C(c1ccccc1)c1ccccc1.COC(=O)c1cc(N2CCCOc3ccc(F)cc32)ncc1N(C)C(=O)C(c1ccccc1)c1ccccc1. The van der Waals surface area contributed by atoms with Gasteiger partial charge in [0, 0.05) is 70.7 Å². The summed E-state index contributed by atoms with van der Waals surface area (Å²) in [5.41, 5.74) is 8.44. The Balaban J connectivity index is 0.000000153. The van der Waals surface area contributed by atoms with Crippen LogP contribution in [0.3, 0.4) is 0 Å². The zero-order valence-electron chi connectivity index (χ0n) is 65.6. The Morgan fingerprint density at radius 2 is 0.653 bits per heavy atom. The topological polar surface area (TPSA) is 203 Å². The third-order valence-corrected chi connectivity index (χ3v) is 20.5. The van der Waals surface area contributed by atoms with E-state index in [2.05, 4.69) is 9.97 Å². The van der Waals surface area contributed by atoms with E-state index in [1.807, 2.05) is 193 Å². The number of carbonyl (C=O) groups is 6. The molecule has 0 saturated carbocycles. The first-order valence-electron chi connectivity index (χ1n) is 38.1. The number of rotatable bonds is 18. The largest absolute Gasteiger partial charge is 0.491 e. The molecular weight excluding hydrogens is 1510 g/mol. The molecule has 0 aliphatic carbocycles. The number of carbonyl (C=O) groups excluding carboxylic acids is 6. The number of likely N-dealkylation sites (N-methyl/N-ethyl adjacent to an activating group) is 3. The Kier molecular flexibility index (Phi) is 26.3. The second kappa shape index (κ2) is 37.9. The van der Waals surface area contributed by atoms with E-state index in [4.69, 9.17) is 28.4 Å². The van der Waals surface area contributed by atoms with E-state index in [0.29, 0.717) is 110 Å². The van der Waals surface area contributed by atoms with Crippen molar-refractivity contribution in [2.75, 3.05) is 111 Å². The lowest BCUT2D eigenvalue weighted by Crippen LogP contribution is -2.34. The average molecular weight is 1590 g/mol.